The van der Waals surface area contributed by atoms with Gasteiger partial charge >= 0.3 is 6.16 Å². The van der Waals surface area contributed by atoms with Crippen molar-refractivity contribution in [3.8, 4) is 22.6 Å². The lowest BCUT2D eigenvalue weighted by molar-refractivity contribution is 0.0950. The summed E-state index contributed by atoms with van der Waals surface area (Å²) >= 11 is 6.02. The number of amides is 1. The molecule has 160 valence electrons. The first-order valence-electron chi connectivity index (χ1n) is 9.77. The summed E-state index contributed by atoms with van der Waals surface area (Å²) in [5.41, 5.74) is 3.43. The number of hydrogen-bond acceptors (Lipinski definition) is 4. The smallest absolute Gasteiger partial charge is 0.493 e. The fraction of sp³-hybridized carbons (Fsp3) is 0.167. The Bertz CT molecular complexity index is 1050. The van der Waals surface area contributed by atoms with Gasteiger partial charge in [-0.25, -0.2) is 4.79 Å². The molecule has 0 aromatic heterocycles. The first-order valence-corrected chi connectivity index (χ1v) is 10.1. The second kappa shape index (κ2) is 10.5. The Balaban J connectivity index is 1.57. The van der Waals surface area contributed by atoms with E-state index in [0.29, 0.717) is 35.9 Å². The van der Waals surface area contributed by atoms with Crippen LogP contribution in [0.25, 0.3) is 11.1 Å². The van der Waals surface area contributed by atoms with E-state index < -0.39 is 6.16 Å². The average Bonchev–Trinajstić information content (AvgIpc) is 2.76. The topological polar surface area (TPSA) is 84.9 Å². The summed E-state index contributed by atoms with van der Waals surface area (Å²) in [6.45, 7) is 2.79. The van der Waals surface area contributed by atoms with Crippen LogP contribution in [-0.4, -0.2) is 30.3 Å². The van der Waals surface area contributed by atoms with Gasteiger partial charge in [0.2, 0.25) is 0 Å². The number of hydrogen-bond donors (Lipinski definition) is 2. The summed E-state index contributed by atoms with van der Waals surface area (Å²) in [7, 11) is 0. The van der Waals surface area contributed by atoms with E-state index in [0.717, 1.165) is 16.7 Å². The third-order valence-corrected chi connectivity index (χ3v) is 4.77. The van der Waals surface area contributed by atoms with Gasteiger partial charge in [0.05, 0.1) is 12.2 Å². The van der Waals surface area contributed by atoms with Crippen molar-refractivity contribution in [1.82, 2.24) is 5.32 Å². The van der Waals surface area contributed by atoms with Gasteiger partial charge in [-0.15, -0.1) is 0 Å². The van der Waals surface area contributed by atoms with Crippen LogP contribution in [-0.2, 0) is 6.42 Å². The summed E-state index contributed by atoms with van der Waals surface area (Å²) in [6.07, 6.45) is -0.671. The van der Waals surface area contributed by atoms with E-state index in [1.165, 1.54) is 0 Å². The molecular weight excluding hydrogens is 418 g/mol. The lowest BCUT2D eigenvalue weighted by Crippen LogP contribution is -2.26. The van der Waals surface area contributed by atoms with Gasteiger partial charge in [-0.2, -0.15) is 0 Å². The fourth-order valence-corrected chi connectivity index (χ4v) is 3.23. The lowest BCUT2D eigenvalue weighted by Gasteiger charge is -2.11. The van der Waals surface area contributed by atoms with E-state index in [1.54, 1.807) is 42.5 Å². The highest BCUT2D eigenvalue weighted by Gasteiger charge is 2.13. The quantitative estimate of drug-likeness (QED) is 0.361. The van der Waals surface area contributed by atoms with Crippen LogP contribution in [0, 0.1) is 0 Å². The van der Waals surface area contributed by atoms with Crippen LogP contribution in [0.4, 0.5) is 4.79 Å². The first kappa shape index (κ1) is 22.2. The molecule has 0 saturated carbocycles. The van der Waals surface area contributed by atoms with E-state index in [-0.39, 0.29) is 11.7 Å². The Morgan fingerprint density at radius 3 is 2.23 bits per heavy atom. The number of carbonyl (C=O) groups is 2. The minimum Gasteiger partial charge on any atom is -0.493 e. The predicted molar refractivity (Wildman–Crippen MR) is 119 cm³/mol. The monoisotopic (exact) mass is 439 g/mol. The second-order valence-corrected chi connectivity index (χ2v) is 7.11. The van der Waals surface area contributed by atoms with Crippen molar-refractivity contribution in [2.45, 2.75) is 13.3 Å². The molecule has 3 aromatic rings. The molecule has 6 nitrogen and oxygen atoms in total. The van der Waals surface area contributed by atoms with Gasteiger partial charge in [-0.3, -0.25) is 4.79 Å². The molecule has 0 aliphatic heterocycles. The molecule has 7 heteroatoms. The zero-order valence-corrected chi connectivity index (χ0v) is 17.7. The van der Waals surface area contributed by atoms with E-state index in [9.17, 15) is 9.59 Å². The summed E-state index contributed by atoms with van der Waals surface area (Å²) in [6, 6.07) is 19.8. The highest BCUT2D eigenvalue weighted by Crippen LogP contribution is 2.24. The summed E-state index contributed by atoms with van der Waals surface area (Å²) < 4.78 is 10.1. The van der Waals surface area contributed by atoms with Crippen LogP contribution in [0.2, 0.25) is 5.02 Å². The Hall–Kier alpha value is -3.51. The SMILES string of the molecule is CCOc1ccc(Cl)cc1C(=O)NCCc1ccc(-c2ccc(OC(=O)O)cc2)cc1. The minimum atomic E-state index is -1.34. The molecule has 0 atom stereocenters. The summed E-state index contributed by atoms with van der Waals surface area (Å²) in [5, 5.41) is 12.0. The number of ether oxygens (including phenoxy) is 2. The molecular formula is C24H22ClNO5. The number of benzene rings is 3. The van der Waals surface area contributed by atoms with Gasteiger partial charge < -0.3 is 19.9 Å². The van der Waals surface area contributed by atoms with Crippen LogP contribution in [0.15, 0.2) is 66.7 Å². The van der Waals surface area contributed by atoms with E-state index in [2.05, 4.69) is 10.1 Å². The third-order valence-electron chi connectivity index (χ3n) is 4.53. The number of carboxylic acid groups (broad SMARTS) is 1. The second-order valence-electron chi connectivity index (χ2n) is 6.67. The van der Waals surface area contributed by atoms with Gasteiger partial charge in [-0.1, -0.05) is 48.0 Å². The molecule has 0 unspecified atom stereocenters. The number of carbonyl (C=O) groups excluding carboxylic acids is 1. The maximum absolute atomic E-state index is 12.5. The van der Waals surface area contributed by atoms with E-state index in [4.69, 9.17) is 21.4 Å². The van der Waals surface area contributed by atoms with E-state index in [1.807, 2.05) is 31.2 Å². The third kappa shape index (κ3) is 6.23. The molecule has 0 aliphatic rings. The normalized spacial score (nSPS) is 10.4. The molecule has 31 heavy (non-hydrogen) atoms. The average molecular weight is 440 g/mol. The molecule has 1 amide bonds. The first-order chi connectivity index (χ1) is 15.0. The Kier molecular flexibility index (Phi) is 7.51. The lowest BCUT2D eigenvalue weighted by atomic mass is 10.0. The van der Waals surface area contributed by atoms with Crippen LogP contribution in [0.1, 0.15) is 22.8 Å². The highest BCUT2D eigenvalue weighted by atomic mass is 35.5. The molecule has 0 fully saturated rings. The number of nitrogens with one attached hydrogen (secondary N) is 1. The maximum Gasteiger partial charge on any atom is 0.511 e. The van der Waals surface area contributed by atoms with Gasteiger partial charge in [0.25, 0.3) is 5.91 Å². The standard InChI is InChI=1S/C24H22ClNO5/c1-2-30-22-12-9-19(25)15-21(22)23(27)26-14-13-16-3-5-17(6-4-16)18-7-10-20(11-8-18)31-24(28)29/h3-12,15H,2,13-14H2,1H3,(H,26,27)(H,28,29). The molecule has 0 spiro atoms. The van der Waals surface area contributed by atoms with Gasteiger partial charge in [0.1, 0.15) is 11.5 Å². The van der Waals surface area contributed by atoms with Crippen LogP contribution >= 0.6 is 11.6 Å². The number of rotatable bonds is 8. The molecule has 0 bridgehead atoms. The molecule has 2 N–H and O–H groups in total. The van der Waals surface area contributed by atoms with Crippen LogP contribution < -0.4 is 14.8 Å². The molecule has 3 aromatic carbocycles. The van der Waals surface area contributed by atoms with Crippen molar-refractivity contribution in [3.05, 3.63) is 82.9 Å². The van der Waals surface area contributed by atoms with E-state index >= 15 is 0 Å². The van der Waals surface area contributed by atoms with Crippen molar-refractivity contribution in [3.63, 3.8) is 0 Å². The maximum atomic E-state index is 12.5. The molecule has 0 heterocycles. The zero-order chi connectivity index (χ0) is 22.2. The largest absolute Gasteiger partial charge is 0.511 e. The van der Waals surface area contributed by atoms with Crippen molar-refractivity contribution >= 4 is 23.7 Å². The van der Waals surface area contributed by atoms with Crippen molar-refractivity contribution < 1.29 is 24.2 Å². The summed E-state index contributed by atoms with van der Waals surface area (Å²) in [4.78, 5) is 23.1. The van der Waals surface area contributed by atoms with Crippen molar-refractivity contribution in [1.29, 1.82) is 0 Å². The predicted octanol–water partition coefficient (Wildman–Crippen LogP) is 5.44. The van der Waals surface area contributed by atoms with Crippen molar-refractivity contribution in [2.24, 2.45) is 0 Å². The Morgan fingerprint density at radius 2 is 1.61 bits per heavy atom. The van der Waals surface area contributed by atoms with Crippen LogP contribution in [0.5, 0.6) is 11.5 Å². The van der Waals surface area contributed by atoms with Crippen LogP contribution in [0.3, 0.4) is 0 Å². The summed E-state index contributed by atoms with van der Waals surface area (Å²) in [5.74, 6) is 0.551. The molecule has 0 aliphatic carbocycles. The minimum absolute atomic E-state index is 0.230. The number of halogens is 1. The Labute approximate surface area is 185 Å². The van der Waals surface area contributed by atoms with Crippen molar-refractivity contribution in [2.75, 3.05) is 13.2 Å². The molecule has 0 saturated heterocycles. The van der Waals surface area contributed by atoms with Gasteiger partial charge in [-0.05, 0) is 60.4 Å². The Morgan fingerprint density at radius 1 is 0.968 bits per heavy atom. The molecule has 3 rings (SSSR count). The van der Waals surface area contributed by atoms with Gasteiger partial charge in [0, 0.05) is 11.6 Å². The zero-order valence-electron chi connectivity index (χ0n) is 16.9. The molecule has 0 radical (unpaired) electrons. The highest BCUT2D eigenvalue weighted by molar-refractivity contribution is 6.31. The van der Waals surface area contributed by atoms with Gasteiger partial charge in [0.15, 0.2) is 0 Å². The fourth-order valence-electron chi connectivity index (χ4n) is 3.06.